The predicted octanol–water partition coefficient (Wildman–Crippen LogP) is 4.11. The van der Waals surface area contributed by atoms with Crippen LogP contribution in [0.25, 0.3) is 0 Å². The van der Waals surface area contributed by atoms with Gasteiger partial charge in [0.2, 0.25) is 0 Å². The number of hydrogen-bond donors (Lipinski definition) is 1. The van der Waals surface area contributed by atoms with Gasteiger partial charge in [-0.1, -0.05) is 37.3 Å². The summed E-state index contributed by atoms with van der Waals surface area (Å²) in [5.74, 6) is 0.375. The lowest BCUT2D eigenvalue weighted by Crippen LogP contribution is -2.37. The Morgan fingerprint density at radius 3 is 2.37 bits per heavy atom. The molecule has 1 aliphatic rings. The highest BCUT2D eigenvalue weighted by Crippen LogP contribution is 2.21. The van der Waals surface area contributed by atoms with Crippen molar-refractivity contribution < 1.29 is 14.3 Å². The minimum Gasteiger partial charge on any atom is -0.481 e. The van der Waals surface area contributed by atoms with Gasteiger partial charge in [0.15, 0.2) is 6.10 Å². The highest BCUT2D eigenvalue weighted by atomic mass is 16.5. The number of rotatable bonds is 6. The zero-order chi connectivity index (χ0) is 19.1. The normalized spacial score (nSPS) is 15.1. The van der Waals surface area contributed by atoms with Crippen LogP contribution in [-0.2, 0) is 4.79 Å². The molecule has 27 heavy (non-hydrogen) atoms. The fourth-order valence-electron chi connectivity index (χ4n) is 3.24. The molecule has 1 saturated heterocycles. The molecule has 5 nitrogen and oxygen atoms in total. The molecule has 0 radical (unpaired) electrons. The second-order valence-corrected chi connectivity index (χ2v) is 6.72. The zero-order valence-electron chi connectivity index (χ0n) is 15.7. The Hall–Kier alpha value is -2.82. The molecule has 0 unspecified atom stereocenters. The van der Waals surface area contributed by atoms with Crippen LogP contribution < -0.4 is 10.1 Å². The fourth-order valence-corrected chi connectivity index (χ4v) is 3.24. The molecular formula is C22H26N2O3. The molecule has 0 aromatic heterocycles. The van der Waals surface area contributed by atoms with Gasteiger partial charge < -0.3 is 15.0 Å². The largest absolute Gasteiger partial charge is 0.481 e. The molecule has 1 fully saturated rings. The molecule has 0 bridgehead atoms. The molecule has 2 aromatic rings. The average molecular weight is 366 g/mol. The maximum atomic E-state index is 12.9. The van der Waals surface area contributed by atoms with Crippen LogP contribution in [-0.4, -0.2) is 35.9 Å². The van der Waals surface area contributed by atoms with E-state index in [9.17, 15) is 9.59 Å². The third-order valence-electron chi connectivity index (χ3n) is 4.74. The standard InChI is InChI=1S/C22H26N2O3/c1-2-20(27-17-11-5-3-6-12-17)21(25)23-19-14-8-7-13-18(19)22(26)24-15-9-4-10-16-24/h3,5-8,11-14,20H,2,4,9-10,15-16H2,1H3,(H,23,25)/t20-/m0/s1. The van der Waals surface area contributed by atoms with E-state index in [0.29, 0.717) is 23.4 Å². The molecule has 1 aliphatic heterocycles. The molecule has 2 aromatic carbocycles. The van der Waals surface area contributed by atoms with Crippen LogP contribution in [0.1, 0.15) is 43.0 Å². The molecule has 3 rings (SSSR count). The van der Waals surface area contributed by atoms with E-state index in [2.05, 4.69) is 5.32 Å². The summed E-state index contributed by atoms with van der Waals surface area (Å²) in [4.78, 5) is 27.5. The topological polar surface area (TPSA) is 58.6 Å². The summed E-state index contributed by atoms with van der Waals surface area (Å²) in [5, 5.41) is 2.89. The molecule has 142 valence electrons. The Balaban J connectivity index is 1.72. The maximum Gasteiger partial charge on any atom is 0.265 e. The smallest absolute Gasteiger partial charge is 0.265 e. The Kier molecular flexibility index (Phi) is 6.47. The third kappa shape index (κ3) is 4.88. The molecule has 0 spiro atoms. The zero-order valence-corrected chi connectivity index (χ0v) is 15.7. The Labute approximate surface area is 160 Å². The van der Waals surface area contributed by atoms with E-state index in [1.165, 1.54) is 0 Å². The second-order valence-electron chi connectivity index (χ2n) is 6.72. The van der Waals surface area contributed by atoms with Gasteiger partial charge in [-0.15, -0.1) is 0 Å². The number of nitrogens with one attached hydrogen (secondary N) is 1. The maximum absolute atomic E-state index is 12.9. The number of nitrogens with zero attached hydrogens (tertiary/aromatic N) is 1. The van der Waals surface area contributed by atoms with Crippen LogP contribution in [0.2, 0.25) is 0 Å². The number of hydrogen-bond acceptors (Lipinski definition) is 3. The summed E-state index contributed by atoms with van der Waals surface area (Å²) in [6.45, 7) is 3.45. The molecule has 1 atom stereocenters. The number of para-hydroxylation sites is 2. The van der Waals surface area contributed by atoms with E-state index in [1.54, 1.807) is 12.1 Å². The number of benzene rings is 2. The highest BCUT2D eigenvalue weighted by Gasteiger charge is 2.24. The van der Waals surface area contributed by atoms with Crippen molar-refractivity contribution in [2.75, 3.05) is 18.4 Å². The Bertz CT molecular complexity index is 770. The molecule has 2 amide bonds. The van der Waals surface area contributed by atoms with E-state index < -0.39 is 6.10 Å². The number of carbonyl (C=O) groups is 2. The fraction of sp³-hybridized carbons (Fsp3) is 0.364. The Morgan fingerprint density at radius 2 is 1.67 bits per heavy atom. The van der Waals surface area contributed by atoms with Crippen LogP contribution in [0.5, 0.6) is 5.75 Å². The first kappa shape index (κ1) is 19.0. The van der Waals surface area contributed by atoms with Crippen molar-refractivity contribution in [2.45, 2.75) is 38.7 Å². The predicted molar refractivity (Wildman–Crippen MR) is 106 cm³/mol. The molecule has 1 N–H and O–H groups in total. The van der Waals surface area contributed by atoms with Crippen molar-refractivity contribution >= 4 is 17.5 Å². The molecular weight excluding hydrogens is 340 g/mol. The third-order valence-corrected chi connectivity index (χ3v) is 4.74. The van der Waals surface area contributed by atoms with E-state index in [-0.39, 0.29) is 11.8 Å². The first-order valence-corrected chi connectivity index (χ1v) is 9.60. The van der Waals surface area contributed by atoms with Crippen molar-refractivity contribution in [2.24, 2.45) is 0 Å². The van der Waals surface area contributed by atoms with Crippen molar-refractivity contribution in [3.63, 3.8) is 0 Å². The SMILES string of the molecule is CC[C@H](Oc1ccccc1)C(=O)Nc1ccccc1C(=O)N1CCCCC1. The number of piperidine rings is 1. The summed E-state index contributed by atoms with van der Waals surface area (Å²) in [7, 11) is 0. The van der Waals surface area contributed by atoms with Gasteiger partial charge in [0, 0.05) is 13.1 Å². The number of amides is 2. The first-order chi connectivity index (χ1) is 13.2. The van der Waals surface area contributed by atoms with Crippen LogP contribution >= 0.6 is 0 Å². The second kappa shape index (κ2) is 9.21. The summed E-state index contributed by atoms with van der Waals surface area (Å²) in [5.41, 5.74) is 1.07. The van der Waals surface area contributed by atoms with Gasteiger partial charge in [0.1, 0.15) is 5.75 Å². The van der Waals surface area contributed by atoms with E-state index in [0.717, 1.165) is 32.4 Å². The van der Waals surface area contributed by atoms with E-state index in [1.807, 2.05) is 54.3 Å². The van der Waals surface area contributed by atoms with Crippen molar-refractivity contribution in [3.05, 3.63) is 60.2 Å². The van der Waals surface area contributed by atoms with Gasteiger partial charge in [-0.05, 0) is 49.9 Å². The lowest BCUT2D eigenvalue weighted by atomic mass is 10.1. The molecule has 0 saturated carbocycles. The number of ether oxygens (including phenoxy) is 1. The number of carbonyl (C=O) groups excluding carboxylic acids is 2. The summed E-state index contributed by atoms with van der Waals surface area (Å²) in [6, 6.07) is 16.5. The van der Waals surface area contributed by atoms with Crippen LogP contribution in [0, 0.1) is 0 Å². The van der Waals surface area contributed by atoms with Gasteiger partial charge in [-0.2, -0.15) is 0 Å². The van der Waals surface area contributed by atoms with Gasteiger partial charge in [-0.3, -0.25) is 9.59 Å². The number of anilines is 1. The van der Waals surface area contributed by atoms with E-state index >= 15 is 0 Å². The quantitative estimate of drug-likeness (QED) is 0.837. The van der Waals surface area contributed by atoms with Gasteiger partial charge in [0.25, 0.3) is 11.8 Å². The summed E-state index contributed by atoms with van der Waals surface area (Å²) < 4.78 is 5.81. The molecule has 1 heterocycles. The number of likely N-dealkylation sites (tertiary alicyclic amines) is 1. The minimum atomic E-state index is -0.620. The van der Waals surface area contributed by atoms with Crippen molar-refractivity contribution in [1.29, 1.82) is 0 Å². The van der Waals surface area contributed by atoms with Crippen LogP contribution in [0.4, 0.5) is 5.69 Å². The minimum absolute atomic E-state index is 0.0253. The molecule has 0 aliphatic carbocycles. The van der Waals surface area contributed by atoms with Gasteiger partial charge in [-0.25, -0.2) is 0 Å². The van der Waals surface area contributed by atoms with Gasteiger partial charge in [0.05, 0.1) is 11.3 Å². The van der Waals surface area contributed by atoms with E-state index in [4.69, 9.17) is 4.74 Å². The molecule has 5 heteroatoms. The summed E-state index contributed by atoms with van der Waals surface area (Å²) in [6.07, 6.45) is 3.14. The highest BCUT2D eigenvalue weighted by molar-refractivity contribution is 6.04. The van der Waals surface area contributed by atoms with Crippen molar-refractivity contribution in [3.8, 4) is 5.75 Å². The lowest BCUT2D eigenvalue weighted by molar-refractivity contribution is -0.122. The van der Waals surface area contributed by atoms with Crippen LogP contribution in [0.3, 0.4) is 0 Å². The monoisotopic (exact) mass is 366 g/mol. The Morgan fingerprint density at radius 1 is 1.00 bits per heavy atom. The van der Waals surface area contributed by atoms with Crippen LogP contribution in [0.15, 0.2) is 54.6 Å². The summed E-state index contributed by atoms with van der Waals surface area (Å²) >= 11 is 0. The average Bonchev–Trinajstić information content (AvgIpc) is 2.73. The lowest BCUT2D eigenvalue weighted by Gasteiger charge is -2.27. The first-order valence-electron chi connectivity index (χ1n) is 9.60. The van der Waals surface area contributed by atoms with Crippen molar-refractivity contribution in [1.82, 2.24) is 4.90 Å². The van der Waals surface area contributed by atoms with Gasteiger partial charge >= 0.3 is 0 Å².